The molecule has 7 heteroatoms. The van der Waals surface area contributed by atoms with Crippen LogP contribution >= 0.6 is 0 Å². The number of hydrogen-bond acceptors (Lipinski definition) is 3. The minimum absolute atomic E-state index is 0.0369. The summed E-state index contributed by atoms with van der Waals surface area (Å²) in [7, 11) is 3.34. The number of carboxylic acids is 1. The van der Waals surface area contributed by atoms with Crippen LogP contribution in [0.25, 0.3) is 0 Å². The normalized spacial score (nSPS) is 10.9. The van der Waals surface area contributed by atoms with Crippen molar-refractivity contribution in [3.63, 3.8) is 0 Å². The number of amides is 3. The standard InChI is InChI=1S/C14H27N3O4/c1-14(2,7-5-12(19)20)8-10-16-13(21)15-9-6-11(18)17(3)4/h5-10H2,1-4H3,(H,19,20)(H2,15,16,21). The van der Waals surface area contributed by atoms with Gasteiger partial charge in [0.1, 0.15) is 0 Å². The number of urea groups is 1. The third kappa shape index (κ3) is 10.6. The second kappa shape index (κ2) is 9.20. The van der Waals surface area contributed by atoms with Gasteiger partial charge in [0.2, 0.25) is 5.91 Å². The van der Waals surface area contributed by atoms with Gasteiger partial charge in [0.25, 0.3) is 0 Å². The van der Waals surface area contributed by atoms with Gasteiger partial charge in [-0.1, -0.05) is 13.8 Å². The van der Waals surface area contributed by atoms with Gasteiger partial charge in [-0.15, -0.1) is 0 Å². The Labute approximate surface area is 126 Å². The first-order chi connectivity index (χ1) is 9.64. The molecule has 0 aliphatic rings. The van der Waals surface area contributed by atoms with Crippen LogP contribution in [0.5, 0.6) is 0 Å². The van der Waals surface area contributed by atoms with Gasteiger partial charge in [-0.25, -0.2) is 4.79 Å². The van der Waals surface area contributed by atoms with E-state index in [2.05, 4.69) is 10.6 Å². The van der Waals surface area contributed by atoms with Crippen molar-refractivity contribution in [2.24, 2.45) is 5.41 Å². The lowest BCUT2D eigenvalue weighted by molar-refractivity contribution is -0.137. The van der Waals surface area contributed by atoms with Crippen LogP contribution in [0.3, 0.4) is 0 Å². The summed E-state index contributed by atoms with van der Waals surface area (Å²) >= 11 is 0. The Balaban J connectivity index is 3.78. The highest BCUT2D eigenvalue weighted by molar-refractivity contribution is 5.77. The largest absolute Gasteiger partial charge is 0.481 e. The molecule has 0 atom stereocenters. The average molecular weight is 301 g/mol. The van der Waals surface area contributed by atoms with Crippen molar-refractivity contribution in [1.82, 2.24) is 15.5 Å². The van der Waals surface area contributed by atoms with Crippen molar-refractivity contribution in [3.8, 4) is 0 Å². The lowest BCUT2D eigenvalue weighted by atomic mass is 9.84. The van der Waals surface area contributed by atoms with E-state index < -0.39 is 5.97 Å². The van der Waals surface area contributed by atoms with Crippen LogP contribution in [-0.2, 0) is 9.59 Å². The zero-order chi connectivity index (χ0) is 16.5. The Kier molecular flexibility index (Phi) is 8.42. The first-order valence-electron chi connectivity index (χ1n) is 7.08. The summed E-state index contributed by atoms with van der Waals surface area (Å²) in [6.45, 7) is 4.72. The fraction of sp³-hybridized carbons (Fsp3) is 0.786. The summed E-state index contributed by atoms with van der Waals surface area (Å²) in [5, 5.41) is 14.0. The summed E-state index contributed by atoms with van der Waals surface area (Å²) in [5.74, 6) is -0.843. The van der Waals surface area contributed by atoms with E-state index in [1.54, 1.807) is 14.1 Å². The van der Waals surface area contributed by atoms with Gasteiger partial charge in [0.05, 0.1) is 0 Å². The van der Waals surface area contributed by atoms with Crippen LogP contribution in [0.1, 0.15) is 39.5 Å². The number of nitrogens with one attached hydrogen (secondary N) is 2. The van der Waals surface area contributed by atoms with E-state index in [1.807, 2.05) is 13.8 Å². The summed E-state index contributed by atoms with van der Waals surface area (Å²) in [6.07, 6.45) is 1.67. The van der Waals surface area contributed by atoms with Gasteiger partial charge < -0.3 is 20.6 Å². The number of carbonyl (C=O) groups excluding carboxylic acids is 2. The molecule has 0 rings (SSSR count). The fourth-order valence-corrected chi connectivity index (χ4v) is 1.65. The molecule has 3 N–H and O–H groups in total. The van der Waals surface area contributed by atoms with Crippen LogP contribution in [0.4, 0.5) is 4.79 Å². The Morgan fingerprint density at radius 1 is 1.00 bits per heavy atom. The van der Waals surface area contributed by atoms with E-state index in [-0.39, 0.29) is 30.2 Å². The monoisotopic (exact) mass is 301 g/mol. The van der Waals surface area contributed by atoms with E-state index >= 15 is 0 Å². The Morgan fingerprint density at radius 3 is 2.10 bits per heavy atom. The minimum atomic E-state index is -0.806. The highest BCUT2D eigenvalue weighted by atomic mass is 16.4. The smallest absolute Gasteiger partial charge is 0.314 e. The molecule has 3 amide bonds. The average Bonchev–Trinajstić information content (AvgIpc) is 2.36. The number of rotatable bonds is 9. The molecule has 0 spiro atoms. The van der Waals surface area contributed by atoms with Crippen molar-refractivity contribution in [3.05, 3.63) is 0 Å². The quantitative estimate of drug-likeness (QED) is 0.592. The predicted molar refractivity (Wildman–Crippen MR) is 80.0 cm³/mol. The van der Waals surface area contributed by atoms with Crippen LogP contribution in [0.2, 0.25) is 0 Å². The number of aliphatic carboxylic acids is 1. The number of hydrogen-bond donors (Lipinski definition) is 3. The zero-order valence-corrected chi connectivity index (χ0v) is 13.4. The van der Waals surface area contributed by atoms with Gasteiger partial charge in [-0.2, -0.15) is 0 Å². The lowest BCUT2D eigenvalue weighted by Crippen LogP contribution is -2.39. The van der Waals surface area contributed by atoms with Crippen molar-refractivity contribution < 1.29 is 19.5 Å². The topological polar surface area (TPSA) is 98.7 Å². The van der Waals surface area contributed by atoms with Gasteiger partial charge in [0.15, 0.2) is 0 Å². The number of nitrogens with zero attached hydrogens (tertiary/aromatic N) is 1. The molecule has 0 saturated heterocycles. The van der Waals surface area contributed by atoms with E-state index in [4.69, 9.17) is 5.11 Å². The molecule has 0 fully saturated rings. The summed E-state index contributed by atoms with van der Waals surface area (Å²) < 4.78 is 0. The van der Waals surface area contributed by atoms with Crippen LogP contribution < -0.4 is 10.6 Å². The number of carbonyl (C=O) groups is 3. The molecule has 0 aromatic heterocycles. The van der Waals surface area contributed by atoms with Gasteiger partial charge in [-0.05, 0) is 18.3 Å². The van der Waals surface area contributed by atoms with Crippen LogP contribution in [0, 0.1) is 5.41 Å². The van der Waals surface area contributed by atoms with E-state index in [9.17, 15) is 14.4 Å². The zero-order valence-electron chi connectivity index (χ0n) is 13.4. The highest BCUT2D eigenvalue weighted by Gasteiger charge is 2.19. The Morgan fingerprint density at radius 2 is 1.57 bits per heavy atom. The molecule has 0 saturated carbocycles. The maximum atomic E-state index is 11.5. The molecule has 0 aromatic rings. The second-order valence-corrected chi connectivity index (χ2v) is 6.03. The molecular formula is C14H27N3O4. The van der Waals surface area contributed by atoms with Crippen molar-refractivity contribution >= 4 is 17.9 Å². The Hall–Kier alpha value is -1.79. The predicted octanol–water partition coefficient (Wildman–Crippen LogP) is 1.05. The van der Waals surface area contributed by atoms with E-state index in [0.29, 0.717) is 25.9 Å². The summed E-state index contributed by atoms with van der Waals surface area (Å²) in [6, 6.07) is -0.310. The molecule has 122 valence electrons. The van der Waals surface area contributed by atoms with Crippen molar-refractivity contribution in [2.75, 3.05) is 27.2 Å². The van der Waals surface area contributed by atoms with Gasteiger partial charge in [-0.3, -0.25) is 9.59 Å². The molecule has 21 heavy (non-hydrogen) atoms. The molecule has 0 aliphatic carbocycles. The third-order valence-electron chi connectivity index (χ3n) is 3.23. The first kappa shape index (κ1) is 19.2. The molecule has 0 unspecified atom stereocenters. The van der Waals surface area contributed by atoms with E-state index in [0.717, 1.165) is 0 Å². The first-order valence-corrected chi connectivity index (χ1v) is 7.08. The molecule has 0 heterocycles. The minimum Gasteiger partial charge on any atom is -0.481 e. The van der Waals surface area contributed by atoms with Gasteiger partial charge >= 0.3 is 12.0 Å². The van der Waals surface area contributed by atoms with Gasteiger partial charge in [0, 0.05) is 40.0 Å². The van der Waals surface area contributed by atoms with Crippen LogP contribution in [0.15, 0.2) is 0 Å². The summed E-state index contributed by atoms with van der Waals surface area (Å²) in [4.78, 5) is 34.8. The fourth-order valence-electron chi connectivity index (χ4n) is 1.65. The van der Waals surface area contributed by atoms with E-state index in [1.165, 1.54) is 4.90 Å². The van der Waals surface area contributed by atoms with Crippen molar-refractivity contribution in [1.29, 1.82) is 0 Å². The molecule has 0 aliphatic heterocycles. The molecule has 0 radical (unpaired) electrons. The lowest BCUT2D eigenvalue weighted by Gasteiger charge is -2.23. The number of carboxylic acid groups (broad SMARTS) is 1. The molecular weight excluding hydrogens is 274 g/mol. The SMILES string of the molecule is CN(C)C(=O)CCNC(=O)NCCC(C)(C)CCC(=O)O. The molecule has 7 nitrogen and oxygen atoms in total. The maximum absolute atomic E-state index is 11.5. The Bertz CT molecular complexity index is 367. The molecule has 0 aromatic carbocycles. The van der Waals surface area contributed by atoms with Crippen molar-refractivity contribution in [2.45, 2.75) is 39.5 Å². The third-order valence-corrected chi connectivity index (χ3v) is 3.23. The summed E-state index contributed by atoms with van der Waals surface area (Å²) in [5.41, 5.74) is -0.132. The highest BCUT2D eigenvalue weighted by Crippen LogP contribution is 2.25. The van der Waals surface area contributed by atoms with Crippen LogP contribution in [-0.4, -0.2) is 55.1 Å². The maximum Gasteiger partial charge on any atom is 0.314 e. The molecule has 0 bridgehead atoms. The second-order valence-electron chi connectivity index (χ2n) is 6.03.